The van der Waals surface area contributed by atoms with Gasteiger partial charge in [0.15, 0.2) is 12.2 Å². The molecule has 6 atom stereocenters. The molecule has 55 heavy (non-hydrogen) atoms. The fraction of sp³-hybridized carbons (Fsp3) is 0.136. The van der Waals surface area contributed by atoms with Gasteiger partial charge in [0, 0.05) is 52.3 Å². The lowest BCUT2D eigenvalue weighted by Gasteiger charge is -2.40. The first-order chi connectivity index (χ1) is 26.5. The maximum Gasteiger partial charge on any atom is 0.150 e. The monoisotopic (exact) mass is 740 g/mol. The Labute approximate surface area is 314 Å². The van der Waals surface area contributed by atoms with E-state index in [9.17, 15) is 46.0 Å². The van der Waals surface area contributed by atoms with Crippen molar-refractivity contribution in [1.29, 1.82) is 0 Å². The van der Waals surface area contributed by atoms with E-state index in [-0.39, 0.29) is 68.4 Å². The summed E-state index contributed by atoms with van der Waals surface area (Å²) >= 11 is 0. The van der Waals surface area contributed by atoms with Crippen LogP contribution in [0.15, 0.2) is 115 Å². The minimum atomic E-state index is -1.39. The van der Waals surface area contributed by atoms with Gasteiger partial charge in [0.1, 0.15) is 64.0 Å². The molecule has 0 saturated carbocycles. The Morgan fingerprint density at radius 3 is 1.22 bits per heavy atom. The van der Waals surface area contributed by atoms with E-state index >= 15 is 0 Å². The van der Waals surface area contributed by atoms with E-state index in [1.165, 1.54) is 60.7 Å². The highest BCUT2D eigenvalue weighted by Gasteiger charge is 2.45. The van der Waals surface area contributed by atoms with Crippen molar-refractivity contribution in [1.82, 2.24) is 0 Å². The fourth-order valence-corrected chi connectivity index (χ4v) is 7.71. The maximum atomic E-state index is 12.3. The van der Waals surface area contributed by atoms with Gasteiger partial charge in [-0.3, -0.25) is 0 Å². The van der Waals surface area contributed by atoms with E-state index in [4.69, 9.17) is 9.47 Å². The number of phenols is 7. The average molecular weight is 741 g/mol. The Bertz CT molecular complexity index is 2270. The number of ether oxygens (including phenoxy) is 2. The second kappa shape index (κ2) is 13.9. The van der Waals surface area contributed by atoms with Crippen LogP contribution >= 0.6 is 0 Å². The Balaban J connectivity index is 1.40. The maximum absolute atomic E-state index is 12.3. The lowest BCUT2D eigenvalue weighted by Crippen LogP contribution is -2.37. The number of benzene rings is 6. The molecule has 8 rings (SSSR count). The van der Waals surface area contributed by atoms with Gasteiger partial charge in [0.25, 0.3) is 0 Å². The molecule has 0 radical (unpaired) electrons. The quantitative estimate of drug-likeness (QED) is 0.0793. The first-order valence-corrected chi connectivity index (χ1v) is 17.5. The normalized spacial score (nSPS) is 21.6. The Kier molecular flexibility index (Phi) is 8.88. The molecular formula is C44H36O11. The zero-order valence-corrected chi connectivity index (χ0v) is 28.9. The van der Waals surface area contributed by atoms with Gasteiger partial charge in [-0.2, -0.15) is 0 Å². The third-order valence-corrected chi connectivity index (χ3v) is 10.3. The molecule has 0 fully saturated rings. The van der Waals surface area contributed by atoms with Gasteiger partial charge in [0.2, 0.25) is 0 Å². The molecule has 6 unspecified atom stereocenters. The van der Waals surface area contributed by atoms with E-state index < -0.39 is 36.3 Å². The molecule has 0 aromatic heterocycles. The second-order valence-corrected chi connectivity index (χ2v) is 13.7. The molecule has 11 heteroatoms. The lowest BCUT2D eigenvalue weighted by atomic mass is 9.73. The largest absolute Gasteiger partial charge is 0.508 e. The van der Waals surface area contributed by atoms with E-state index in [0.29, 0.717) is 27.8 Å². The van der Waals surface area contributed by atoms with Gasteiger partial charge >= 0.3 is 0 Å². The summed E-state index contributed by atoms with van der Waals surface area (Å²) < 4.78 is 12.6. The van der Waals surface area contributed by atoms with Gasteiger partial charge in [-0.25, -0.2) is 0 Å². The molecule has 0 saturated heterocycles. The molecule has 2 aliphatic heterocycles. The Morgan fingerprint density at radius 1 is 0.418 bits per heavy atom. The van der Waals surface area contributed by atoms with Crippen LogP contribution in [0.2, 0.25) is 0 Å². The van der Waals surface area contributed by atoms with Crippen molar-refractivity contribution in [2.75, 3.05) is 0 Å². The van der Waals surface area contributed by atoms with Crippen molar-refractivity contribution in [3.63, 3.8) is 0 Å². The van der Waals surface area contributed by atoms with Crippen LogP contribution in [0.5, 0.6) is 51.7 Å². The number of fused-ring (bicyclic) bond motifs is 2. The summed E-state index contributed by atoms with van der Waals surface area (Å²) in [5.74, 6) is -2.63. The summed E-state index contributed by atoms with van der Waals surface area (Å²) in [7, 11) is 0. The number of hydrogen-bond acceptors (Lipinski definition) is 11. The summed E-state index contributed by atoms with van der Waals surface area (Å²) in [6, 6.07) is 28.5. The standard InChI is InChI=1S/C44H36O11/c45-25-8-1-22(2-9-25)3-16-32-37(39-30-17-14-28(48)19-35(30)54-43(41(39)52)23-4-10-26(46)11-5-23)33(50)21-34(51)38(32)40-31-18-15-29(49)20-36(31)55-44(42(40)53)24-6-12-27(47)13-7-24/h1-21,39-53H. The summed E-state index contributed by atoms with van der Waals surface area (Å²) in [5, 5.41) is 99.5. The molecule has 278 valence electrons. The second-order valence-electron chi connectivity index (χ2n) is 13.7. The van der Waals surface area contributed by atoms with Crippen molar-refractivity contribution in [2.45, 2.75) is 36.3 Å². The predicted octanol–water partition coefficient (Wildman–Crippen LogP) is 7.05. The molecule has 2 aliphatic rings. The zero-order valence-electron chi connectivity index (χ0n) is 28.9. The summed E-state index contributed by atoms with van der Waals surface area (Å²) in [4.78, 5) is 0. The van der Waals surface area contributed by atoms with Crippen LogP contribution in [0.25, 0.3) is 12.2 Å². The molecule has 0 aliphatic carbocycles. The molecule has 0 amide bonds. The van der Waals surface area contributed by atoms with Gasteiger partial charge in [-0.15, -0.1) is 0 Å². The third-order valence-electron chi connectivity index (χ3n) is 10.3. The first kappa shape index (κ1) is 35.2. The highest BCUT2D eigenvalue weighted by molar-refractivity contribution is 5.79. The molecule has 9 N–H and O–H groups in total. The van der Waals surface area contributed by atoms with Crippen molar-refractivity contribution >= 4 is 12.2 Å². The van der Waals surface area contributed by atoms with E-state index in [0.717, 1.165) is 6.07 Å². The number of rotatable bonds is 6. The first-order valence-electron chi connectivity index (χ1n) is 17.5. The predicted molar refractivity (Wildman–Crippen MR) is 202 cm³/mol. The molecule has 11 nitrogen and oxygen atoms in total. The Hall–Kier alpha value is -6.82. The number of aliphatic hydroxyl groups excluding tert-OH is 2. The number of hydrogen-bond donors (Lipinski definition) is 9. The van der Waals surface area contributed by atoms with Crippen LogP contribution in [-0.4, -0.2) is 58.2 Å². The molecule has 0 spiro atoms. The molecule has 6 aromatic rings. The minimum absolute atomic E-state index is 0.000321. The number of aliphatic hydroxyl groups is 2. The molecule has 0 bridgehead atoms. The third kappa shape index (κ3) is 6.45. The number of aromatic hydroxyl groups is 7. The van der Waals surface area contributed by atoms with Crippen molar-refractivity contribution in [2.24, 2.45) is 0 Å². The van der Waals surface area contributed by atoms with E-state index in [1.54, 1.807) is 60.7 Å². The molecular weight excluding hydrogens is 704 g/mol. The topological polar surface area (TPSA) is 201 Å². The summed E-state index contributed by atoms with van der Waals surface area (Å²) in [6.07, 6.45) is -1.55. The average Bonchev–Trinajstić information content (AvgIpc) is 3.16. The summed E-state index contributed by atoms with van der Waals surface area (Å²) in [5.41, 5.74) is 3.00. The minimum Gasteiger partial charge on any atom is -0.508 e. The van der Waals surface area contributed by atoms with Crippen molar-refractivity contribution in [3.8, 4) is 51.7 Å². The van der Waals surface area contributed by atoms with E-state index in [2.05, 4.69) is 0 Å². The highest BCUT2D eigenvalue weighted by Crippen LogP contribution is 2.55. The van der Waals surface area contributed by atoms with E-state index in [1.807, 2.05) is 0 Å². The SMILES string of the molecule is Oc1ccc(C=Cc2c(C3c4ccc(O)cc4OC(c4ccc(O)cc4)C3O)c(O)cc(O)c2C2c3ccc(O)cc3OC(c3ccc(O)cc3)C2O)cc1. The van der Waals surface area contributed by atoms with Gasteiger partial charge in [-0.1, -0.05) is 60.7 Å². The zero-order chi connectivity index (χ0) is 38.5. The number of phenolic OH excluding ortho intramolecular Hbond substituents is 7. The van der Waals surface area contributed by atoms with Crippen molar-refractivity contribution < 1.29 is 55.4 Å². The van der Waals surface area contributed by atoms with Crippen LogP contribution in [0.3, 0.4) is 0 Å². The van der Waals surface area contributed by atoms with Crippen LogP contribution in [-0.2, 0) is 0 Å². The van der Waals surface area contributed by atoms with Crippen molar-refractivity contribution in [3.05, 3.63) is 160 Å². The lowest BCUT2D eigenvalue weighted by molar-refractivity contribution is 0.00635. The van der Waals surface area contributed by atoms with Crippen LogP contribution in [0, 0.1) is 0 Å². The summed E-state index contributed by atoms with van der Waals surface area (Å²) in [6.45, 7) is 0. The Morgan fingerprint density at radius 2 is 0.800 bits per heavy atom. The van der Waals surface area contributed by atoms with Gasteiger partial charge in [0.05, 0.1) is 0 Å². The van der Waals surface area contributed by atoms with Crippen LogP contribution in [0.4, 0.5) is 0 Å². The van der Waals surface area contributed by atoms with Gasteiger partial charge in [-0.05, 0) is 70.8 Å². The highest BCUT2D eigenvalue weighted by atomic mass is 16.5. The van der Waals surface area contributed by atoms with Crippen LogP contribution in [0.1, 0.15) is 68.6 Å². The fourth-order valence-electron chi connectivity index (χ4n) is 7.71. The molecule has 6 aromatic carbocycles. The van der Waals surface area contributed by atoms with Crippen LogP contribution < -0.4 is 9.47 Å². The molecule has 2 heterocycles. The van der Waals surface area contributed by atoms with Gasteiger partial charge < -0.3 is 55.4 Å². The smallest absolute Gasteiger partial charge is 0.150 e.